The van der Waals surface area contributed by atoms with Crippen LogP contribution in [0.25, 0.3) is 10.2 Å². The third-order valence-electron chi connectivity index (χ3n) is 2.70. The molecule has 0 amide bonds. The molecule has 0 unspecified atom stereocenters. The van der Waals surface area contributed by atoms with Crippen molar-refractivity contribution in [1.29, 1.82) is 0 Å². The lowest BCUT2D eigenvalue weighted by Gasteiger charge is -2.12. The van der Waals surface area contributed by atoms with E-state index >= 15 is 0 Å². The Bertz CT molecular complexity index is 518. The Kier molecular flexibility index (Phi) is 1.91. The summed E-state index contributed by atoms with van der Waals surface area (Å²) in [6.45, 7) is 2.20. The topological polar surface area (TPSA) is 37.8 Å². The first-order valence-corrected chi connectivity index (χ1v) is 6.11. The van der Waals surface area contributed by atoms with Gasteiger partial charge in [-0.1, -0.05) is 0 Å². The Morgan fingerprint density at radius 1 is 1.47 bits per heavy atom. The van der Waals surface area contributed by atoms with Gasteiger partial charge in [0.25, 0.3) is 0 Å². The van der Waals surface area contributed by atoms with Crippen LogP contribution in [-0.2, 0) is 0 Å². The van der Waals surface area contributed by atoms with Gasteiger partial charge in [-0.05, 0) is 42.8 Å². The van der Waals surface area contributed by atoms with Gasteiger partial charge in [0, 0.05) is 5.54 Å². The maximum Gasteiger partial charge on any atom is 0.224 e. The van der Waals surface area contributed by atoms with Crippen LogP contribution < -0.4 is 5.32 Å². The van der Waals surface area contributed by atoms with Crippen molar-refractivity contribution in [3.05, 3.63) is 16.7 Å². The van der Waals surface area contributed by atoms with Crippen LogP contribution in [0.3, 0.4) is 0 Å². The van der Waals surface area contributed by atoms with Crippen LogP contribution in [0.1, 0.15) is 19.8 Å². The highest BCUT2D eigenvalue weighted by Gasteiger charge is 2.38. The second-order valence-corrected chi connectivity index (χ2v) is 5.42. The number of nitrogens with zero attached hydrogens (tertiary/aromatic N) is 2. The van der Waals surface area contributed by atoms with E-state index < -0.39 is 0 Å². The average molecular weight is 240 g/mol. The van der Waals surface area contributed by atoms with Crippen molar-refractivity contribution in [2.45, 2.75) is 25.3 Å². The average Bonchev–Trinajstić information content (AvgIpc) is 2.73. The van der Waals surface area contributed by atoms with Crippen molar-refractivity contribution in [3.8, 4) is 0 Å². The highest BCUT2D eigenvalue weighted by molar-refractivity contribution is 7.17. The van der Waals surface area contributed by atoms with Gasteiger partial charge in [-0.3, -0.25) is 0 Å². The van der Waals surface area contributed by atoms with E-state index in [9.17, 15) is 0 Å². The highest BCUT2D eigenvalue weighted by Crippen LogP contribution is 2.40. The van der Waals surface area contributed by atoms with E-state index in [-0.39, 0.29) is 5.54 Å². The minimum Gasteiger partial charge on any atom is -0.364 e. The van der Waals surface area contributed by atoms with Crippen LogP contribution in [0.4, 0.5) is 5.82 Å². The van der Waals surface area contributed by atoms with Gasteiger partial charge in [-0.25, -0.2) is 4.98 Å². The second kappa shape index (κ2) is 3.06. The minimum absolute atomic E-state index is 0.217. The zero-order valence-corrected chi connectivity index (χ0v) is 9.82. The standard InChI is InChI=1S/C10H10ClN3S/c1-10(3-4-10)14-8-7-6(2-5-15-7)12-9(11)13-8/h2,5H,3-4H2,1H3,(H,12,13,14). The van der Waals surface area contributed by atoms with Gasteiger partial charge in [0.15, 0.2) is 0 Å². The van der Waals surface area contributed by atoms with Crippen molar-refractivity contribution < 1.29 is 0 Å². The number of thiophene rings is 1. The molecule has 1 aliphatic carbocycles. The molecule has 0 bridgehead atoms. The predicted molar refractivity (Wildman–Crippen MR) is 63.7 cm³/mol. The van der Waals surface area contributed by atoms with E-state index in [0.717, 1.165) is 16.0 Å². The first kappa shape index (κ1) is 9.36. The summed E-state index contributed by atoms with van der Waals surface area (Å²) < 4.78 is 1.09. The van der Waals surface area contributed by atoms with Crippen molar-refractivity contribution in [1.82, 2.24) is 9.97 Å². The Balaban J connectivity index is 2.11. The molecule has 1 fully saturated rings. The lowest BCUT2D eigenvalue weighted by atomic mass is 10.3. The zero-order valence-electron chi connectivity index (χ0n) is 8.25. The molecule has 3 nitrogen and oxygen atoms in total. The van der Waals surface area contributed by atoms with Crippen LogP contribution >= 0.6 is 22.9 Å². The SMILES string of the molecule is CC1(Nc2nc(Cl)nc3ccsc23)CC1. The van der Waals surface area contributed by atoms with Gasteiger partial charge in [0.2, 0.25) is 5.28 Å². The summed E-state index contributed by atoms with van der Waals surface area (Å²) in [7, 11) is 0. The normalized spacial score (nSPS) is 18.0. The lowest BCUT2D eigenvalue weighted by Crippen LogP contribution is -2.17. The summed E-state index contributed by atoms with van der Waals surface area (Å²) in [5.74, 6) is 0.875. The van der Waals surface area contributed by atoms with E-state index in [1.165, 1.54) is 12.8 Å². The zero-order chi connectivity index (χ0) is 10.5. The molecule has 1 N–H and O–H groups in total. The Labute approximate surface area is 96.5 Å². The molecule has 1 aliphatic rings. The van der Waals surface area contributed by atoms with Crippen LogP contribution in [0.2, 0.25) is 5.28 Å². The molecule has 2 aromatic heterocycles. The smallest absolute Gasteiger partial charge is 0.224 e. The van der Waals surface area contributed by atoms with Crippen molar-refractivity contribution >= 4 is 39.0 Å². The maximum atomic E-state index is 5.87. The monoisotopic (exact) mass is 239 g/mol. The first-order chi connectivity index (χ1) is 7.16. The number of hydrogen-bond donors (Lipinski definition) is 1. The summed E-state index contributed by atoms with van der Waals surface area (Å²) in [5, 5.41) is 5.76. The van der Waals surface area contributed by atoms with Gasteiger partial charge in [-0.2, -0.15) is 4.98 Å². The number of rotatable bonds is 2. The molecular weight excluding hydrogens is 230 g/mol. The van der Waals surface area contributed by atoms with Crippen LogP contribution in [0.15, 0.2) is 11.4 Å². The van der Waals surface area contributed by atoms with E-state index in [4.69, 9.17) is 11.6 Å². The number of anilines is 1. The maximum absolute atomic E-state index is 5.87. The molecule has 2 heterocycles. The summed E-state index contributed by atoms with van der Waals surface area (Å²) in [4.78, 5) is 8.42. The van der Waals surface area contributed by atoms with Crippen LogP contribution in [0, 0.1) is 0 Å². The fourth-order valence-corrected chi connectivity index (χ4v) is 2.47. The van der Waals surface area contributed by atoms with E-state index in [2.05, 4.69) is 22.2 Å². The number of hydrogen-bond acceptors (Lipinski definition) is 4. The molecule has 3 rings (SSSR count). The van der Waals surface area contributed by atoms with Gasteiger partial charge < -0.3 is 5.32 Å². The first-order valence-electron chi connectivity index (χ1n) is 4.85. The summed E-state index contributed by atoms with van der Waals surface area (Å²) in [6, 6.07) is 1.97. The number of fused-ring (bicyclic) bond motifs is 1. The van der Waals surface area contributed by atoms with Gasteiger partial charge >= 0.3 is 0 Å². The Morgan fingerprint density at radius 3 is 3.00 bits per heavy atom. The van der Waals surface area contributed by atoms with E-state index in [0.29, 0.717) is 5.28 Å². The molecule has 0 aromatic carbocycles. The van der Waals surface area contributed by atoms with Crippen LogP contribution in [-0.4, -0.2) is 15.5 Å². The molecule has 5 heteroatoms. The van der Waals surface area contributed by atoms with E-state index in [1.807, 2.05) is 11.4 Å². The number of halogens is 1. The summed E-state index contributed by atoms with van der Waals surface area (Å²) >= 11 is 7.52. The number of nitrogens with one attached hydrogen (secondary N) is 1. The molecule has 1 saturated carbocycles. The Morgan fingerprint density at radius 2 is 2.27 bits per heavy atom. The molecule has 15 heavy (non-hydrogen) atoms. The Hall–Kier alpha value is -0.870. The fourth-order valence-electron chi connectivity index (χ4n) is 1.52. The summed E-state index contributed by atoms with van der Waals surface area (Å²) in [6.07, 6.45) is 2.39. The molecule has 0 aliphatic heterocycles. The number of aromatic nitrogens is 2. The van der Waals surface area contributed by atoms with Crippen molar-refractivity contribution in [2.75, 3.05) is 5.32 Å². The van der Waals surface area contributed by atoms with Crippen molar-refractivity contribution in [3.63, 3.8) is 0 Å². The predicted octanol–water partition coefficient (Wildman–Crippen LogP) is 3.31. The summed E-state index contributed by atoms with van der Waals surface area (Å²) in [5.41, 5.74) is 1.14. The third-order valence-corrected chi connectivity index (χ3v) is 3.78. The third kappa shape index (κ3) is 1.68. The minimum atomic E-state index is 0.217. The van der Waals surface area contributed by atoms with Gasteiger partial charge in [0.1, 0.15) is 5.82 Å². The second-order valence-electron chi connectivity index (χ2n) is 4.16. The molecule has 78 valence electrons. The molecule has 0 saturated heterocycles. The molecule has 0 spiro atoms. The van der Waals surface area contributed by atoms with E-state index in [1.54, 1.807) is 11.3 Å². The molecular formula is C10H10ClN3S. The van der Waals surface area contributed by atoms with Crippen LogP contribution in [0.5, 0.6) is 0 Å². The molecule has 0 atom stereocenters. The van der Waals surface area contributed by atoms with Gasteiger partial charge in [-0.15, -0.1) is 11.3 Å². The molecule has 0 radical (unpaired) electrons. The lowest BCUT2D eigenvalue weighted by molar-refractivity contribution is 0.823. The van der Waals surface area contributed by atoms with Gasteiger partial charge in [0.05, 0.1) is 10.2 Å². The molecule has 2 aromatic rings. The quantitative estimate of drug-likeness (QED) is 0.817. The highest BCUT2D eigenvalue weighted by atomic mass is 35.5. The fraction of sp³-hybridized carbons (Fsp3) is 0.400. The van der Waals surface area contributed by atoms with Crippen molar-refractivity contribution in [2.24, 2.45) is 0 Å². The largest absolute Gasteiger partial charge is 0.364 e.